The molecule has 4 aliphatic rings. The van der Waals surface area contributed by atoms with Crippen LogP contribution >= 0.6 is 0 Å². The van der Waals surface area contributed by atoms with E-state index in [1.165, 1.54) is 56.4 Å². The van der Waals surface area contributed by atoms with Gasteiger partial charge in [0.15, 0.2) is 0 Å². The number of nitrogens with zero attached hydrogens (tertiary/aromatic N) is 2. The second-order valence-corrected chi connectivity index (χ2v) is 10.9. The fraction of sp³-hybridized carbons (Fsp3) is 0.100. The molecule has 0 heterocycles. The van der Waals surface area contributed by atoms with Crippen molar-refractivity contribution in [1.82, 2.24) is 0 Å². The minimum atomic E-state index is 0.960. The highest BCUT2D eigenvalue weighted by molar-refractivity contribution is 5.80. The lowest BCUT2D eigenvalue weighted by molar-refractivity contribution is 0.916. The van der Waals surface area contributed by atoms with Gasteiger partial charge in [0.2, 0.25) is 0 Å². The Morgan fingerprint density at radius 3 is 0.929 bits per heavy atom. The lowest BCUT2D eigenvalue weighted by Crippen LogP contribution is -2.15. The summed E-state index contributed by atoms with van der Waals surface area (Å²) in [5.41, 5.74) is 12.7. The second kappa shape index (κ2) is 11.8. The van der Waals surface area contributed by atoms with Crippen molar-refractivity contribution in [2.45, 2.75) is 25.7 Å². The highest BCUT2D eigenvalue weighted by Gasteiger charge is 2.20. The first-order chi connectivity index (χ1) is 20.8. The van der Waals surface area contributed by atoms with E-state index < -0.39 is 0 Å². The summed E-state index contributed by atoms with van der Waals surface area (Å²) in [5, 5.41) is 0. The Morgan fingerprint density at radius 2 is 0.619 bits per heavy atom. The molecule has 0 fully saturated rings. The van der Waals surface area contributed by atoms with Gasteiger partial charge >= 0.3 is 0 Å². The van der Waals surface area contributed by atoms with Gasteiger partial charge in [-0.1, -0.05) is 97.1 Å². The molecular weight excluding hydrogens is 508 g/mol. The Hall–Kier alpha value is -5.08. The molecule has 2 nitrogen and oxygen atoms in total. The molecule has 0 radical (unpaired) electrons. The Labute approximate surface area is 249 Å². The Morgan fingerprint density at radius 1 is 0.310 bits per heavy atom. The second-order valence-electron chi connectivity index (χ2n) is 10.9. The first-order valence-electron chi connectivity index (χ1n) is 14.9. The molecule has 4 aliphatic carbocycles. The lowest BCUT2D eigenvalue weighted by atomic mass is 9.93. The molecule has 0 amide bonds. The van der Waals surface area contributed by atoms with Crippen LogP contribution in [0.2, 0.25) is 0 Å². The van der Waals surface area contributed by atoms with Gasteiger partial charge in [-0.05, 0) is 109 Å². The summed E-state index contributed by atoms with van der Waals surface area (Å²) in [7, 11) is 0. The largest absolute Gasteiger partial charge is 0.310 e. The van der Waals surface area contributed by atoms with Crippen LogP contribution in [0.25, 0.3) is 0 Å². The van der Waals surface area contributed by atoms with Crippen molar-refractivity contribution in [3.63, 3.8) is 0 Å². The molecule has 204 valence electrons. The molecule has 0 unspecified atom stereocenters. The van der Waals surface area contributed by atoms with Crippen LogP contribution in [0.5, 0.6) is 0 Å². The fourth-order valence-electron chi connectivity index (χ4n) is 6.09. The topological polar surface area (TPSA) is 6.48 Å². The molecule has 0 aromatic heterocycles. The third kappa shape index (κ3) is 5.32. The molecule has 10 rings (SSSR count). The van der Waals surface area contributed by atoms with Crippen LogP contribution in [0.3, 0.4) is 0 Å². The molecule has 6 aromatic carbocycles. The zero-order valence-electron chi connectivity index (χ0n) is 23.7. The van der Waals surface area contributed by atoms with Crippen LogP contribution in [-0.2, 0) is 25.7 Å². The molecule has 2 heteroatoms. The summed E-state index contributed by atoms with van der Waals surface area (Å²) in [6.45, 7) is 0. The quantitative estimate of drug-likeness (QED) is 0.207. The number of benzene rings is 6. The average Bonchev–Trinajstić information content (AvgIpc) is 3.05. The number of anilines is 6. The van der Waals surface area contributed by atoms with Crippen LogP contribution < -0.4 is 9.80 Å². The monoisotopic (exact) mass is 542 g/mol. The van der Waals surface area contributed by atoms with E-state index in [0.29, 0.717) is 0 Å². The van der Waals surface area contributed by atoms with E-state index in [1.54, 1.807) is 0 Å². The van der Waals surface area contributed by atoms with Crippen molar-refractivity contribution < 1.29 is 0 Å². The van der Waals surface area contributed by atoms with E-state index >= 15 is 0 Å². The molecule has 0 saturated carbocycles. The summed E-state index contributed by atoms with van der Waals surface area (Å²) in [6, 6.07) is 57.3. The molecule has 42 heavy (non-hydrogen) atoms. The van der Waals surface area contributed by atoms with Crippen LogP contribution in [-0.4, -0.2) is 0 Å². The maximum Gasteiger partial charge on any atom is 0.0496 e. The summed E-state index contributed by atoms with van der Waals surface area (Å²) in [5.74, 6) is 0. The maximum atomic E-state index is 2.43. The van der Waals surface area contributed by atoms with Crippen molar-refractivity contribution in [2.75, 3.05) is 9.80 Å². The number of aryl methyl sites for hydroxylation is 4. The van der Waals surface area contributed by atoms with E-state index in [4.69, 9.17) is 0 Å². The predicted molar refractivity (Wildman–Crippen MR) is 177 cm³/mol. The molecule has 0 spiro atoms. The molecule has 0 atom stereocenters. The van der Waals surface area contributed by atoms with Gasteiger partial charge in [0.25, 0.3) is 0 Å². The van der Waals surface area contributed by atoms with Gasteiger partial charge < -0.3 is 9.80 Å². The van der Waals surface area contributed by atoms with Crippen molar-refractivity contribution in [1.29, 1.82) is 0 Å². The summed E-state index contributed by atoms with van der Waals surface area (Å²) in [6.07, 6.45) is 3.85. The normalized spacial score (nSPS) is 12.4. The summed E-state index contributed by atoms with van der Waals surface area (Å²) in [4.78, 5) is 4.84. The molecular formula is C40H34N2. The smallest absolute Gasteiger partial charge is 0.0496 e. The van der Waals surface area contributed by atoms with E-state index in [9.17, 15) is 0 Å². The van der Waals surface area contributed by atoms with Gasteiger partial charge in [-0.25, -0.2) is 0 Å². The number of hydrogen-bond acceptors (Lipinski definition) is 2. The highest BCUT2D eigenvalue weighted by atomic mass is 15.1. The lowest BCUT2D eigenvalue weighted by Gasteiger charge is -2.30. The third-order valence-electron chi connectivity index (χ3n) is 8.20. The van der Waals surface area contributed by atoms with E-state index in [1.807, 2.05) is 0 Å². The molecule has 6 aromatic rings. The average molecular weight is 543 g/mol. The third-order valence-corrected chi connectivity index (χ3v) is 8.20. The van der Waals surface area contributed by atoms with Crippen LogP contribution in [0.15, 0.2) is 158 Å². The van der Waals surface area contributed by atoms with Crippen molar-refractivity contribution in [3.05, 3.63) is 180 Å². The minimum absolute atomic E-state index is 0.960. The number of para-hydroxylation sites is 4. The summed E-state index contributed by atoms with van der Waals surface area (Å²) < 4.78 is 0. The first kappa shape index (κ1) is 25.9. The molecule has 0 aliphatic heterocycles. The van der Waals surface area contributed by atoms with E-state index in [0.717, 1.165) is 25.7 Å². The molecule has 4 bridgehead atoms. The van der Waals surface area contributed by atoms with Gasteiger partial charge in [-0.2, -0.15) is 0 Å². The van der Waals surface area contributed by atoms with Gasteiger partial charge in [0.05, 0.1) is 0 Å². The minimum Gasteiger partial charge on any atom is -0.310 e. The van der Waals surface area contributed by atoms with Gasteiger partial charge in [-0.15, -0.1) is 0 Å². The van der Waals surface area contributed by atoms with Crippen LogP contribution in [0, 0.1) is 0 Å². The Kier molecular flexibility index (Phi) is 7.27. The maximum absolute atomic E-state index is 2.43. The highest BCUT2D eigenvalue weighted by Crippen LogP contribution is 2.40. The zero-order valence-corrected chi connectivity index (χ0v) is 23.7. The van der Waals surface area contributed by atoms with Crippen molar-refractivity contribution in [3.8, 4) is 0 Å². The standard InChI is InChI=1S/C40H34N2/c1-5-13-35(14-6-1)41(36-15-7-2-8-16-36)39-29-31-21-25-33(39)27-23-32-22-26-34(28-24-31)40(30-32)42(37-17-9-3-10-18-37)38-19-11-4-12-20-38/h1-22,25-26,29-30H,23-24,27-28H2. The van der Waals surface area contributed by atoms with Gasteiger partial charge in [0.1, 0.15) is 0 Å². The number of hydrogen-bond donors (Lipinski definition) is 0. The molecule has 0 saturated heterocycles. The van der Waals surface area contributed by atoms with E-state index in [2.05, 4.69) is 168 Å². The van der Waals surface area contributed by atoms with Crippen molar-refractivity contribution in [2.24, 2.45) is 0 Å². The van der Waals surface area contributed by atoms with E-state index in [-0.39, 0.29) is 0 Å². The molecule has 0 N–H and O–H groups in total. The van der Waals surface area contributed by atoms with Crippen LogP contribution in [0.4, 0.5) is 34.1 Å². The fourth-order valence-corrected chi connectivity index (χ4v) is 6.09. The Bertz CT molecular complexity index is 1550. The predicted octanol–water partition coefficient (Wildman–Crippen LogP) is 10.5. The summed E-state index contributed by atoms with van der Waals surface area (Å²) >= 11 is 0. The number of rotatable bonds is 6. The zero-order chi connectivity index (χ0) is 28.1. The first-order valence-corrected chi connectivity index (χ1v) is 14.9. The van der Waals surface area contributed by atoms with Crippen LogP contribution in [0.1, 0.15) is 22.3 Å². The van der Waals surface area contributed by atoms with Gasteiger partial charge in [0, 0.05) is 34.1 Å². The Balaban J connectivity index is 1.31. The van der Waals surface area contributed by atoms with Crippen molar-refractivity contribution >= 4 is 34.1 Å². The SMILES string of the molecule is c1ccc(N(c2ccccc2)c2cc3ccc2CCc2ccc(c(N(c4ccccc4)c4ccccc4)c2)CC3)cc1. The van der Waals surface area contributed by atoms with Gasteiger partial charge in [-0.3, -0.25) is 0 Å².